The monoisotopic (exact) mass is 237 g/mol. The summed E-state index contributed by atoms with van der Waals surface area (Å²) >= 11 is 0. The van der Waals surface area contributed by atoms with Gasteiger partial charge < -0.3 is 4.74 Å². The number of hydrogen-bond donors (Lipinski definition) is 0. The van der Waals surface area contributed by atoms with E-state index in [-0.39, 0.29) is 18.1 Å². The summed E-state index contributed by atoms with van der Waals surface area (Å²) in [6, 6.07) is 4.19. The van der Waals surface area contributed by atoms with Crippen molar-refractivity contribution in [2.24, 2.45) is 7.05 Å². The zero-order chi connectivity index (χ0) is 12.4. The molecule has 0 saturated carbocycles. The highest BCUT2D eigenvalue weighted by atomic mass is 19.1. The number of nitrogens with zero attached hydrogens (tertiary/aromatic N) is 3. The summed E-state index contributed by atoms with van der Waals surface area (Å²) in [4.78, 5) is 15.1. The number of rotatable bonds is 3. The first-order valence-electron chi connectivity index (χ1n) is 5.02. The maximum absolute atomic E-state index is 13.1. The lowest BCUT2D eigenvalue weighted by Gasteiger charge is -2.10. The Labute approximate surface area is 97.1 Å². The predicted molar refractivity (Wildman–Crippen MR) is 59.5 cm³/mol. The molecule has 2 rings (SSSR count). The van der Waals surface area contributed by atoms with E-state index in [2.05, 4.69) is 4.98 Å². The summed E-state index contributed by atoms with van der Waals surface area (Å²) in [6.45, 7) is 0.219. The van der Waals surface area contributed by atoms with E-state index in [1.54, 1.807) is 11.7 Å². The van der Waals surface area contributed by atoms with Crippen LogP contribution in [0.3, 0.4) is 0 Å². The van der Waals surface area contributed by atoms with Crippen LogP contribution >= 0.6 is 0 Å². The van der Waals surface area contributed by atoms with Gasteiger partial charge in [0.15, 0.2) is 0 Å². The van der Waals surface area contributed by atoms with Crippen LogP contribution in [0.25, 0.3) is 0 Å². The Balaban J connectivity index is 2.42. The van der Waals surface area contributed by atoms with Crippen molar-refractivity contribution in [2.75, 3.05) is 7.11 Å². The SMILES string of the molecule is COc1ccc(F)cc1Cn1c(=O)ncn1C. The number of halogens is 1. The van der Waals surface area contributed by atoms with Gasteiger partial charge in [-0.05, 0) is 18.2 Å². The van der Waals surface area contributed by atoms with Gasteiger partial charge in [-0.15, -0.1) is 0 Å². The molecule has 0 aliphatic rings. The molecular formula is C11H12FN3O2. The zero-order valence-electron chi connectivity index (χ0n) is 9.55. The van der Waals surface area contributed by atoms with Gasteiger partial charge in [-0.1, -0.05) is 0 Å². The van der Waals surface area contributed by atoms with Crippen molar-refractivity contribution in [2.45, 2.75) is 6.54 Å². The van der Waals surface area contributed by atoms with Crippen LogP contribution < -0.4 is 10.4 Å². The minimum atomic E-state index is -0.376. The third kappa shape index (κ3) is 2.20. The van der Waals surface area contributed by atoms with E-state index in [1.165, 1.54) is 36.3 Å². The molecule has 0 radical (unpaired) electrons. The highest BCUT2D eigenvalue weighted by Crippen LogP contribution is 2.19. The van der Waals surface area contributed by atoms with Crippen LogP contribution in [-0.2, 0) is 13.6 Å². The van der Waals surface area contributed by atoms with Crippen molar-refractivity contribution >= 4 is 0 Å². The third-order valence-corrected chi connectivity index (χ3v) is 2.50. The van der Waals surface area contributed by atoms with Gasteiger partial charge in [0.1, 0.15) is 17.9 Å². The molecule has 5 nitrogen and oxygen atoms in total. The summed E-state index contributed by atoms with van der Waals surface area (Å²) in [5, 5.41) is 0. The molecule has 0 aliphatic heterocycles. The normalized spacial score (nSPS) is 10.5. The predicted octanol–water partition coefficient (Wildman–Crippen LogP) is 0.778. The molecule has 90 valence electrons. The molecule has 0 unspecified atom stereocenters. The first-order chi connectivity index (χ1) is 8.11. The minimum absolute atomic E-state index is 0.219. The van der Waals surface area contributed by atoms with Crippen LogP contribution in [0.4, 0.5) is 4.39 Å². The van der Waals surface area contributed by atoms with Gasteiger partial charge in [-0.2, -0.15) is 4.98 Å². The molecule has 2 aromatic rings. The second-order valence-electron chi connectivity index (χ2n) is 3.61. The average Bonchev–Trinajstić information content (AvgIpc) is 2.61. The molecule has 17 heavy (non-hydrogen) atoms. The number of aryl methyl sites for hydroxylation is 1. The van der Waals surface area contributed by atoms with Gasteiger partial charge in [0.25, 0.3) is 0 Å². The first kappa shape index (κ1) is 11.4. The van der Waals surface area contributed by atoms with Crippen molar-refractivity contribution in [3.63, 3.8) is 0 Å². The quantitative estimate of drug-likeness (QED) is 0.792. The highest BCUT2D eigenvalue weighted by molar-refractivity contribution is 5.33. The first-order valence-corrected chi connectivity index (χ1v) is 5.02. The van der Waals surface area contributed by atoms with E-state index in [9.17, 15) is 9.18 Å². The van der Waals surface area contributed by atoms with E-state index in [0.29, 0.717) is 11.3 Å². The van der Waals surface area contributed by atoms with E-state index in [4.69, 9.17) is 4.74 Å². The Bertz CT molecular complexity index is 589. The molecule has 0 atom stereocenters. The van der Waals surface area contributed by atoms with Gasteiger partial charge in [-0.3, -0.25) is 4.68 Å². The summed E-state index contributed by atoms with van der Waals surface area (Å²) < 4.78 is 21.2. The number of hydrogen-bond acceptors (Lipinski definition) is 3. The maximum Gasteiger partial charge on any atom is 0.364 e. The molecule has 0 spiro atoms. The number of benzene rings is 1. The minimum Gasteiger partial charge on any atom is -0.496 e. The van der Waals surface area contributed by atoms with Gasteiger partial charge in [-0.25, -0.2) is 13.9 Å². The molecule has 0 aliphatic carbocycles. The van der Waals surface area contributed by atoms with Gasteiger partial charge in [0, 0.05) is 12.6 Å². The number of ether oxygens (including phenoxy) is 1. The molecule has 1 heterocycles. The van der Waals surface area contributed by atoms with Crippen molar-refractivity contribution < 1.29 is 9.13 Å². The standard InChI is InChI=1S/C11H12FN3O2/c1-14-7-13-11(16)15(14)6-8-5-9(12)3-4-10(8)17-2/h3-5,7H,6H2,1-2H3. The van der Waals surface area contributed by atoms with Crippen LogP contribution in [0.5, 0.6) is 5.75 Å². The topological polar surface area (TPSA) is 49.1 Å². The molecule has 0 amide bonds. The second-order valence-corrected chi connectivity index (χ2v) is 3.61. The highest BCUT2D eigenvalue weighted by Gasteiger charge is 2.08. The summed E-state index contributed by atoms with van der Waals surface area (Å²) in [6.07, 6.45) is 1.41. The molecule has 0 N–H and O–H groups in total. The Morgan fingerprint density at radius 1 is 1.47 bits per heavy atom. The largest absolute Gasteiger partial charge is 0.496 e. The molecule has 6 heteroatoms. The van der Waals surface area contributed by atoms with E-state index in [1.807, 2.05) is 0 Å². The third-order valence-electron chi connectivity index (χ3n) is 2.50. The number of aromatic nitrogens is 3. The molecule has 0 fully saturated rings. The fourth-order valence-corrected chi connectivity index (χ4v) is 1.61. The Morgan fingerprint density at radius 2 is 2.24 bits per heavy atom. The average molecular weight is 237 g/mol. The Kier molecular flexibility index (Phi) is 2.95. The van der Waals surface area contributed by atoms with E-state index < -0.39 is 0 Å². The summed E-state index contributed by atoms with van der Waals surface area (Å²) in [5.74, 6) is 0.176. The fourth-order valence-electron chi connectivity index (χ4n) is 1.61. The zero-order valence-corrected chi connectivity index (χ0v) is 9.55. The summed E-state index contributed by atoms with van der Waals surface area (Å²) in [5.41, 5.74) is 0.219. The van der Waals surface area contributed by atoms with Crippen LogP contribution in [0, 0.1) is 5.82 Å². The summed E-state index contributed by atoms with van der Waals surface area (Å²) in [7, 11) is 3.20. The van der Waals surface area contributed by atoms with Gasteiger partial charge >= 0.3 is 5.69 Å². The lowest BCUT2D eigenvalue weighted by molar-refractivity contribution is 0.403. The lowest BCUT2D eigenvalue weighted by atomic mass is 10.2. The van der Waals surface area contributed by atoms with Crippen LogP contribution in [0.1, 0.15) is 5.56 Å². The van der Waals surface area contributed by atoms with Crippen LogP contribution in [-0.4, -0.2) is 21.5 Å². The van der Waals surface area contributed by atoms with Gasteiger partial charge in [0.2, 0.25) is 0 Å². The van der Waals surface area contributed by atoms with Crippen LogP contribution in [0.2, 0.25) is 0 Å². The van der Waals surface area contributed by atoms with Crippen molar-refractivity contribution in [1.29, 1.82) is 0 Å². The molecule has 1 aromatic heterocycles. The molecular weight excluding hydrogens is 225 g/mol. The second kappa shape index (κ2) is 4.40. The molecule has 0 bridgehead atoms. The van der Waals surface area contributed by atoms with Crippen molar-refractivity contribution in [1.82, 2.24) is 14.3 Å². The van der Waals surface area contributed by atoms with Gasteiger partial charge in [0.05, 0.1) is 13.7 Å². The maximum atomic E-state index is 13.1. The Morgan fingerprint density at radius 3 is 2.82 bits per heavy atom. The Hall–Kier alpha value is -2.11. The molecule has 0 saturated heterocycles. The van der Waals surface area contributed by atoms with Crippen molar-refractivity contribution in [3.8, 4) is 5.75 Å². The lowest BCUT2D eigenvalue weighted by Crippen LogP contribution is -2.23. The van der Waals surface area contributed by atoms with E-state index >= 15 is 0 Å². The van der Waals surface area contributed by atoms with E-state index in [0.717, 1.165) is 0 Å². The molecule has 1 aromatic carbocycles. The van der Waals surface area contributed by atoms with Crippen molar-refractivity contribution in [3.05, 3.63) is 46.4 Å². The fraction of sp³-hybridized carbons (Fsp3) is 0.273. The van der Waals surface area contributed by atoms with Crippen LogP contribution in [0.15, 0.2) is 29.3 Å². The smallest absolute Gasteiger partial charge is 0.364 e. The number of methoxy groups -OCH3 is 1.